The van der Waals surface area contributed by atoms with Gasteiger partial charge in [0.2, 0.25) is 5.91 Å². The molecule has 30 heavy (non-hydrogen) atoms. The first-order valence-corrected chi connectivity index (χ1v) is 11.8. The lowest BCUT2D eigenvalue weighted by atomic mass is 10.2. The number of thioether (sulfide) groups is 1. The zero-order valence-corrected chi connectivity index (χ0v) is 19.9. The second-order valence-corrected chi connectivity index (χ2v) is 9.46. The molecule has 0 atom stereocenters. The molecule has 0 spiro atoms. The molecule has 2 aromatic heterocycles. The van der Waals surface area contributed by atoms with Gasteiger partial charge in [-0.05, 0) is 63.8 Å². The number of hydrogen-bond acceptors (Lipinski definition) is 6. The first kappa shape index (κ1) is 22.4. The van der Waals surface area contributed by atoms with Crippen LogP contribution >= 0.6 is 23.1 Å². The normalized spacial score (nSPS) is 11.3. The molecule has 2 heterocycles. The van der Waals surface area contributed by atoms with Gasteiger partial charge in [0.05, 0.1) is 23.4 Å². The summed E-state index contributed by atoms with van der Waals surface area (Å²) in [7, 11) is 1.66. The predicted octanol–water partition coefficient (Wildman–Crippen LogP) is 5.05. The van der Waals surface area contributed by atoms with E-state index in [0.29, 0.717) is 10.9 Å². The second-order valence-electron chi connectivity index (χ2n) is 7.57. The van der Waals surface area contributed by atoms with Gasteiger partial charge in [-0.15, -0.1) is 21.5 Å². The average Bonchev–Trinajstić information content (AvgIpc) is 3.35. The molecule has 0 saturated heterocycles. The van der Waals surface area contributed by atoms with E-state index in [0.717, 1.165) is 27.7 Å². The maximum atomic E-state index is 12.9. The molecular formula is C22H28N4O2S2. The number of benzene rings is 1. The number of aromatic nitrogens is 3. The van der Waals surface area contributed by atoms with Crippen molar-refractivity contribution in [2.75, 3.05) is 12.9 Å². The molecule has 0 aliphatic heterocycles. The molecule has 1 aromatic carbocycles. The predicted molar refractivity (Wildman–Crippen MR) is 124 cm³/mol. The van der Waals surface area contributed by atoms with Crippen LogP contribution in [0.5, 0.6) is 5.75 Å². The minimum atomic E-state index is 0.0911. The van der Waals surface area contributed by atoms with Crippen molar-refractivity contribution in [1.29, 1.82) is 0 Å². The van der Waals surface area contributed by atoms with Crippen molar-refractivity contribution in [3.05, 3.63) is 41.3 Å². The Bertz CT molecular complexity index is 989. The quantitative estimate of drug-likeness (QED) is 0.455. The summed E-state index contributed by atoms with van der Waals surface area (Å²) < 4.78 is 7.61. The van der Waals surface area contributed by atoms with Gasteiger partial charge in [0.25, 0.3) is 0 Å². The highest BCUT2D eigenvalue weighted by atomic mass is 32.2. The van der Waals surface area contributed by atoms with Crippen molar-refractivity contribution in [2.24, 2.45) is 0 Å². The highest BCUT2D eigenvalue weighted by molar-refractivity contribution is 7.99. The standard InChI is InChI=1S/C22H28N4O2S2/c1-14(2)25(15(3)4)20(27)13-30-22-24-23-21(19-8-7-11-29-19)26(22)17-12-16(5)9-10-18(17)28-6/h7-12,14-15H,13H2,1-6H3. The summed E-state index contributed by atoms with van der Waals surface area (Å²) >= 11 is 3.01. The lowest BCUT2D eigenvalue weighted by molar-refractivity contribution is -0.131. The molecule has 0 unspecified atom stereocenters. The van der Waals surface area contributed by atoms with E-state index in [1.54, 1.807) is 18.4 Å². The van der Waals surface area contributed by atoms with Crippen LogP contribution < -0.4 is 4.74 Å². The number of amides is 1. The number of aryl methyl sites for hydroxylation is 1. The van der Waals surface area contributed by atoms with E-state index >= 15 is 0 Å². The van der Waals surface area contributed by atoms with Crippen molar-refractivity contribution in [2.45, 2.75) is 51.9 Å². The molecule has 8 heteroatoms. The summed E-state index contributed by atoms with van der Waals surface area (Å²) in [6, 6.07) is 10.3. The maximum Gasteiger partial charge on any atom is 0.233 e. The third-order valence-electron chi connectivity index (χ3n) is 4.68. The van der Waals surface area contributed by atoms with Gasteiger partial charge in [-0.1, -0.05) is 23.9 Å². The fraction of sp³-hybridized carbons (Fsp3) is 0.409. The van der Waals surface area contributed by atoms with E-state index in [1.807, 2.05) is 73.7 Å². The van der Waals surface area contributed by atoms with Crippen LogP contribution in [0.3, 0.4) is 0 Å². The van der Waals surface area contributed by atoms with Gasteiger partial charge in [-0.25, -0.2) is 0 Å². The lowest BCUT2D eigenvalue weighted by Crippen LogP contribution is -2.43. The summed E-state index contributed by atoms with van der Waals surface area (Å²) in [5.41, 5.74) is 1.97. The van der Waals surface area contributed by atoms with Gasteiger partial charge in [0.15, 0.2) is 11.0 Å². The number of methoxy groups -OCH3 is 1. The summed E-state index contributed by atoms with van der Waals surface area (Å²) in [4.78, 5) is 15.8. The molecule has 1 amide bonds. The Morgan fingerprint density at radius 1 is 1.20 bits per heavy atom. The third-order valence-corrected chi connectivity index (χ3v) is 6.46. The van der Waals surface area contributed by atoms with E-state index in [1.165, 1.54) is 11.8 Å². The van der Waals surface area contributed by atoms with E-state index in [-0.39, 0.29) is 18.0 Å². The molecule has 0 saturated carbocycles. The molecule has 0 aliphatic rings. The lowest BCUT2D eigenvalue weighted by Gasteiger charge is -2.30. The van der Waals surface area contributed by atoms with Crippen LogP contribution in [0.1, 0.15) is 33.3 Å². The highest BCUT2D eigenvalue weighted by Gasteiger charge is 2.24. The molecule has 0 fully saturated rings. The van der Waals surface area contributed by atoms with Gasteiger partial charge >= 0.3 is 0 Å². The van der Waals surface area contributed by atoms with E-state index in [9.17, 15) is 4.79 Å². The topological polar surface area (TPSA) is 60.2 Å². The molecule has 0 aliphatic carbocycles. The summed E-state index contributed by atoms with van der Waals surface area (Å²) in [5, 5.41) is 11.6. The van der Waals surface area contributed by atoms with Gasteiger partial charge in [0.1, 0.15) is 5.75 Å². The maximum absolute atomic E-state index is 12.9. The number of rotatable bonds is 8. The number of nitrogens with zero attached hydrogens (tertiary/aromatic N) is 4. The smallest absolute Gasteiger partial charge is 0.233 e. The molecular weight excluding hydrogens is 416 g/mol. The highest BCUT2D eigenvalue weighted by Crippen LogP contribution is 2.34. The Morgan fingerprint density at radius 2 is 1.93 bits per heavy atom. The van der Waals surface area contributed by atoms with Crippen molar-refractivity contribution < 1.29 is 9.53 Å². The van der Waals surface area contributed by atoms with Crippen molar-refractivity contribution in [3.63, 3.8) is 0 Å². The fourth-order valence-electron chi connectivity index (χ4n) is 3.49. The van der Waals surface area contributed by atoms with Crippen LogP contribution in [0.4, 0.5) is 0 Å². The van der Waals surface area contributed by atoms with Gasteiger partial charge < -0.3 is 9.64 Å². The summed E-state index contributed by atoms with van der Waals surface area (Å²) in [6.07, 6.45) is 0. The minimum Gasteiger partial charge on any atom is -0.495 e. The molecule has 0 N–H and O–H groups in total. The van der Waals surface area contributed by atoms with Crippen molar-refractivity contribution >= 4 is 29.0 Å². The van der Waals surface area contributed by atoms with Gasteiger partial charge in [0, 0.05) is 12.1 Å². The number of thiophene rings is 1. The molecule has 6 nitrogen and oxygen atoms in total. The van der Waals surface area contributed by atoms with Crippen LogP contribution in [0.15, 0.2) is 40.9 Å². The van der Waals surface area contributed by atoms with E-state index < -0.39 is 0 Å². The Balaban J connectivity index is 2.01. The first-order chi connectivity index (χ1) is 14.3. The van der Waals surface area contributed by atoms with Crippen LogP contribution in [0.2, 0.25) is 0 Å². The van der Waals surface area contributed by atoms with Gasteiger partial charge in [-0.2, -0.15) is 0 Å². The Hall–Kier alpha value is -2.32. The monoisotopic (exact) mass is 444 g/mol. The van der Waals surface area contributed by atoms with Crippen LogP contribution in [0, 0.1) is 6.92 Å². The van der Waals surface area contributed by atoms with E-state index in [4.69, 9.17) is 4.74 Å². The first-order valence-electron chi connectivity index (χ1n) is 9.91. The summed E-state index contributed by atoms with van der Waals surface area (Å²) in [5.74, 6) is 1.87. The summed E-state index contributed by atoms with van der Waals surface area (Å²) in [6.45, 7) is 10.2. The number of carbonyl (C=O) groups excluding carboxylic acids is 1. The van der Waals surface area contributed by atoms with Crippen molar-refractivity contribution in [1.82, 2.24) is 19.7 Å². The van der Waals surface area contributed by atoms with Gasteiger partial charge in [-0.3, -0.25) is 9.36 Å². The molecule has 3 aromatic rings. The molecule has 0 radical (unpaired) electrons. The second kappa shape index (κ2) is 9.66. The third kappa shape index (κ3) is 4.70. The molecule has 0 bridgehead atoms. The number of carbonyl (C=O) groups is 1. The zero-order valence-electron chi connectivity index (χ0n) is 18.2. The largest absolute Gasteiger partial charge is 0.495 e. The fourth-order valence-corrected chi connectivity index (χ4v) is 5.01. The van der Waals surface area contributed by atoms with Crippen molar-refractivity contribution in [3.8, 4) is 22.1 Å². The SMILES string of the molecule is COc1ccc(C)cc1-n1c(SCC(=O)N(C(C)C)C(C)C)nnc1-c1cccs1. The Kier molecular flexibility index (Phi) is 7.20. The number of ether oxygens (including phenoxy) is 1. The molecule has 3 rings (SSSR count). The minimum absolute atomic E-state index is 0.0911. The average molecular weight is 445 g/mol. The van der Waals surface area contributed by atoms with Crippen LogP contribution in [-0.4, -0.2) is 50.5 Å². The Labute approximate surface area is 186 Å². The zero-order chi connectivity index (χ0) is 21.8. The number of hydrogen-bond donors (Lipinski definition) is 0. The Morgan fingerprint density at radius 3 is 2.53 bits per heavy atom. The van der Waals surface area contributed by atoms with Crippen LogP contribution in [-0.2, 0) is 4.79 Å². The van der Waals surface area contributed by atoms with E-state index in [2.05, 4.69) is 16.3 Å². The molecule has 160 valence electrons. The van der Waals surface area contributed by atoms with Crippen LogP contribution in [0.25, 0.3) is 16.4 Å².